The Hall–Kier alpha value is -4.18. The lowest BCUT2D eigenvalue weighted by Crippen LogP contribution is -2.42. The molecular formula is C32H42ClF2N5O9. The quantitative estimate of drug-likeness (QED) is 0.270. The Bertz CT molecular complexity index is 1500. The number of carboxylic acids is 1. The maximum atomic E-state index is 14.1. The summed E-state index contributed by atoms with van der Waals surface area (Å²) in [6.45, 7) is -0.296. The number of alkyl halides is 2. The van der Waals surface area contributed by atoms with Gasteiger partial charge in [0.1, 0.15) is 0 Å². The number of hydrogen-bond donors (Lipinski definition) is 3. The molecule has 17 heteroatoms. The fraction of sp³-hybridized carbons (Fsp3) is 0.594. The first-order valence-corrected chi connectivity index (χ1v) is 16.1. The number of hydrogen-bond acceptors (Lipinski definition) is 10. The normalized spacial score (nSPS) is 20.0. The number of nitrogens with one attached hydrogen (secondary N) is 1. The number of carbonyl (C=O) groups is 4. The molecule has 2 saturated heterocycles. The van der Waals surface area contributed by atoms with E-state index in [9.17, 15) is 33.1 Å². The molecule has 1 saturated carbocycles. The largest absolute Gasteiger partial charge is 0.489 e. The average Bonchev–Trinajstić information content (AvgIpc) is 3.64. The summed E-state index contributed by atoms with van der Waals surface area (Å²) < 4.78 is 47.3. The first kappa shape index (κ1) is 37.6. The third kappa shape index (κ3) is 9.50. The van der Waals surface area contributed by atoms with Crippen LogP contribution in [-0.4, -0.2) is 95.8 Å². The molecule has 1 aromatic carbocycles. The van der Waals surface area contributed by atoms with Crippen LogP contribution in [0.5, 0.6) is 11.5 Å². The van der Waals surface area contributed by atoms with Crippen LogP contribution in [0.25, 0.3) is 11.5 Å². The zero-order valence-electron chi connectivity index (χ0n) is 27.3. The van der Waals surface area contributed by atoms with Crippen LogP contribution in [0, 0.1) is 11.8 Å². The van der Waals surface area contributed by atoms with E-state index in [2.05, 4.69) is 15.0 Å². The molecule has 0 spiro atoms. The van der Waals surface area contributed by atoms with Crippen molar-refractivity contribution >= 4 is 36.3 Å². The van der Waals surface area contributed by atoms with Crippen molar-refractivity contribution in [2.75, 3.05) is 33.4 Å². The van der Waals surface area contributed by atoms with E-state index < -0.39 is 48.6 Å². The summed E-state index contributed by atoms with van der Waals surface area (Å²) in [4.78, 5) is 58.2. The molecule has 2 aromatic rings. The highest BCUT2D eigenvalue weighted by Crippen LogP contribution is 2.37. The molecule has 49 heavy (non-hydrogen) atoms. The number of likely N-dealkylation sites (tertiary alicyclic amines) is 2. The molecule has 0 unspecified atom stereocenters. The molecule has 3 heterocycles. The molecule has 5 rings (SSSR count). The van der Waals surface area contributed by atoms with Crippen molar-refractivity contribution in [1.29, 1.82) is 0 Å². The summed E-state index contributed by atoms with van der Waals surface area (Å²) in [5, 5.41) is 12.0. The lowest BCUT2D eigenvalue weighted by atomic mass is 9.96. The van der Waals surface area contributed by atoms with Gasteiger partial charge in [-0.1, -0.05) is 0 Å². The van der Waals surface area contributed by atoms with Crippen molar-refractivity contribution in [3.8, 4) is 23.0 Å². The van der Waals surface area contributed by atoms with Crippen LogP contribution in [0.1, 0.15) is 74.2 Å². The maximum absolute atomic E-state index is 14.1. The molecule has 0 bridgehead atoms. The van der Waals surface area contributed by atoms with Gasteiger partial charge < -0.3 is 44.6 Å². The first-order chi connectivity index (χ1) is 22.9. The van der Waals surface area contributed by atoms with Gasteiger partial charge in [0.2, 0.25) is 11.8 Å². The second-order valence-electron chi connectivity index (χ2n) is 12.5. The van der Waals surface area contributed by atoms with Crippen LogP contribution in [0.4, 0.5) is 13.6 Å². The van der Waals surface area contributed by atoms with Crippen LogP contribution in [0.15, 0.2) is 22.6 Å². The van der Waals surface area contributed by atoms with Gasteiger partial charge in [-0.05, 0) is 69.6 Å². The third-order valence-electron chi connectivity index (χ3n) is 8.92. The molecule has 3 fully saturated rings. The fourth-order valence-corrected chi connectivity index (χ4v) is 6.09. The van der Waals surface area contributed by atoms with E-state index in [1.54, 1.807) is 11.8 Å². The summed E-state index contributed by atoms with van der Waals surface area (Å²) in [5.74, 6) is -1.60. The first-order valence-electron chi connectivity index (χ1n) is 16.1. The lowest BCUT2D eigenvalue weighted by Gasteiger charge is -2.31. The Kier molecular flexibility index (Phi) is 12.7. The Morgan fingerprint density at radius 2 is 1.86 bits per heavy atom. The number of benzene rings is 1. The predicted molar refractivity (Wildman–Crippen MR) is 172 cm³/mol. The van der Waals surface area contributed by atoms with Crippen molar-refractivity contribution in [3.63, 3.8) is 0 Å². The number of halogens is 3. The van der Waals surface area contributed by atoms with Crippen LogP contribution < -0.4 is 20.5 Å². The minimum atomic E-state index is -3.06. The van der Waals surface area contributed by atoms with Gasteiger partial charge in [0.05, 0.1) is 31.7 Å². The standard InChI is InChI=1S/C32H41F2N5O9.ClH/c1-17(35)27-26(37-28(48-27)20-5-7-23(47-31(33)34)24(13-20)46-16-18-3-4-18)29(41)39-15-21(36-32(44)45-2)14-22(39)6-8-25(40)38-11-9-19(10-12-38)30(42)43;/h5,7,13,17-19,21-22,31H,3-4,6,8-12,14-16,35H2,1-2H3,(H,36,44)(H,42,43);1H/t17-,21+,22+;/m0./s1. The second-order valence-corrected chi connectivity index (χ2v) is 12.5. The van der Waals surface area contributed by atoms with Gasteiger partial charge >= 0.3 is 18.7 Å². The van der Waals surface area contributed by atoms with Crippen molar-refractivity contribution in [2.24, 2.45) is 17.6 Å². The van der Waals surface area contributed by atoms with Gasteiger partial charge in [0.25, 0.3) is 5.91 Å². The molecule has 1 aromatic heterocycles. The summed E-state index contributed by atoms with van der Waals surface area (Å²) in [6, 6.07) is 2.57. The van der Waals surface area contributed by atoms with E-state index in [0.29, 0.717) is 50.4 Å². The van der Waals surface area contributed by atoms with Gasteiger partial charge in [0, 0.05) is 37.7 Å². The number of aromatic nitrogens is 1. The highest BCUT2D eigenvalue weighted by atomic mass is 35.5. The van der Waals surface area contributed by atoms with Gasteiger partial charge in [-0.2, -0.15) is 8.78 Å². The third-order valence-corrected chi connectivity index (χ3v) is 8.92. The zero-order chi connectivity index (χ0) is 34.5. The number of oxazole rings is 1. The van der Waals surface area contributed by atoms with E-state index >= 15 is 0 Å². The topological polar surface area (TPSA) is 187 Å². The van der Waals surface area contributed by atoms with Gasteiger partial charge in [-0.3, -0.25) is 14.4 Å². The summed E-state index contributed by atoms with van der Waals surface area (Å²) in [6.07, 6.45) is 2.81. The number of carboxylic acid groups (broad SMARTS) is 1. The van der Waals surface area contributed by atoms with Crippen molar-refractivity contribution in [2.45, 2.75) is 76.6 Å². The molecule has 3 atom stereocenters. The highest BCUT2D eigenvalue weighted by molar-refractivity contribution is 5.94. The van der Waals surface area contributed by atoms with Crippen LogP contribution in [0.3, 0.4) is 0 Å². The van der Waals surface area contributed by atoms with Crippen molar-refractivity contribution in [1.82, 2.24) is 20.1 Å². The molecule has 3 amide bonds. The average molecular weight is 714 g/mol. The number of carbonyl (C=O) groups excluding carboxylic acids is 3. The number of nitrogens with zero attached hydrogens (tertiary/aromatic N) is 3. The Balaban J connectivity index is 0.00000541. The fourth-order valence-electron chi connectivity index (χ4n) is 6.09. The number of amides is 3. The van der Waals surface area contributed by atoms with Crippen molar-refractivity contribution in [3.05, 3.63) is 29.7 Å². The number of nitrogens with two attached hydrogens (primary N) is 1. The van der Waals surface area contributed by atoms with Gasteiger partial charge in [-0.15, -0.1) is 12.4 Å². The number of ether oxygens (including phenoxy) is 3. The second kappa shape index (κ2) is 16.5. The number of rotatable bonds is 13. The van der Waals surface area contributed by atoms with E-state index in [-0.39, 0.29) is 66.5 Å². The molecule has 1 aliphatic carbocycles. The van der Waals surface area contributed by atoms with Gasteiger partial charge in [-0.25, -0.2) is 9.78 Å². The SMILES string of the molecule is COC(=O)N[C@@H]1C[C@@H](CCC(=O)N2CCC(C(=O)O)CC2)N(C(=O)c2nc(-c3ccc(OC(F)F)c(OCC4CC4)c3)oc2[C@H](C)N)C1.Cl. The molecule has 2 aliphatic heterocycles. The Morgan fingerprint density at radius 3 is 2.47 bits per heavy atom. The lowest BCUT2D eigenvalue weighted by molar-refractivity contribution is -0.145. The van der Waals surface area contributed by atoms with Crippen LogP contribution in [0.2, 0.25) is 0 Å². The molecule has 0 radical (unpaired) electrons. The van der Waals surface area contributed by atoms with Crippen LogP contribution in [-0.2, 0) is 14.3 Å². The molecule has 14 nitrogen and oxygen atoms in total. The van der Waals surface area contributed by atoms with E-state index in [4.69, 9.17) is 19.6 Å². The number of aliphatic carboxylic acids is 1. The minimum Gasteiger partial charge on any atom is -0.489 e. The van der Waals surface area contributed by atoms with E-state index in [1.165, 1.54) is 30.2 Å². The monoisotopic (exact) mass is 713 g/mol. The number of alkyl carbamates (subject to hydrolysis) is 1. The predicted octanol–water partition coefficient (Wildman–Crippen LogP) is 4.22. The Morgan fingerprint density at radius 1 is 1.14 bits per heavy atom. The molecule has 3 aliphatic rings. The molecule has 270 valence electrons. The minimum absolute atomic E-state index is 0. The zero-order valence-corrected chi connectivity index (χ0v) is 28.1. The smallest absolute Gasteiger partial charge is 0.407 e. The summed E-state index contributed by atoms with van der Waals surface area (Å²) in [5.41, 5.74) is 6.50. The summed E-state index contributed by atoms with van der Waals surface area (Å²) >= 11 is 0. The molecular weight excluding hydrogens is 672 g/mol. The maximum Gasteiger partial charge on any atom is 0.407 e. The molecule has 4 N–H and O–H groups in total. The van der Waals surface area contributed by atoms with E-state index in [0.717, 1.165) is 12.8 Å². The van der Waals surface area contributed by atoms with Crippen LogP contribution >= 0.6 is 12.4 Å². The van der Waals surface area contributed by atoms with E-state index in [1.807, 2.05) is 0 Å². The number of methoxy groups -OCH3 is 1. The number of piperidine rings is 1. The van der Waals surface area contributed by atoms with Gasteiger partial charge in [0.15, 0.2) is 23.0 Å². The van der Waals surface area contributed by atoms with Crippen molar-refractivity contribution < 1.29 is 51.7 Å². The summed E-state index contributed by atoms with van der Waals surface area (Å²) in [7, 11) is 1.23. The Labute approximate surface area is 288 Å². The highest BCUT2D eigenvalue weighted by Gasteiger charge is 2.40.